The number of anilines is 1. The summed E-state index contributed by atoms with van der Waals surface area (Å²) in [6, 6.07) is 7.48. The topological polar surface area (TPSA) is 98.1 Å². The van der Waals surface area contributed by atoms with Crippen LogP contribution in [0.4, 0.5) is 10.6 Å². The number of hydrogen-bond acceptors (Lipinski definition) is 5. The molecule has 8 nitrogen and oxygen atoms in total. The van der Waals surface area contributed by atoms with Crippen LogP contribution in [0.15, 0.2) is 30.5 Å². The Labute approximate surface area is 144 Å². The molecule has 0 atom stereocenters. The predicted octanol–water partition coefficient (Wildman–Crippen LogP) is 1.86. The van der Waals surface area contributed by atoms with E-state index in [2.05, 4.69) is 20.9 Å². The molecule has 0 aliphatic heterocycles. The maximum Gasteiger partial charge on any atom is 0.412 e. The van der Waals surface area contributed by atoms with Gasteiger partial charge in [-0.2, -0.15) is 0 Å². The van der Waals surface area contributed by atoms with Crippen molar-refractivity contribution in [3.05, 3.63) is 41.0 Å². The van der Waals surface area contributed by atoms with Crippen LogP contribution in [0.25, 0.3) is 0 Å². The summed E-state index contributed by atoms with van der Waals surface area (Å²) >= 11 is 5.91. The van der Waals surface area contributed by atoms with E-state index in [0.29, 0.717) is 18.0 Å². The van der Waals surface area contributed by atoms with Crippen LogP contribution in [-0.4, -0.2) is 40.1 Å². The Morgan fingerprint density at radius 3 is 2.96 bits per heavy atom. The highest BCUT2D eigenvalue weighted by Crippen LogP contribution is 2.10. The third-order valence-electron chi connectivity index (χ3n) is 2.97. The number of rotatable bonds is 7. The van der Waals surface area contributed by atoms with E-state index in [-0.39, 0.29) is 24.9 Å². The van der Waals surface area contributed by atoms with Crippen molar-refractivity contribution in [1.82, 2.24) is 20.3 Å². The van der Waals surface area contributed by atoms with Gasteiger partial charge in [-0.1, -0.05) is 28.9 Å². The van der Waals surface area contributed by atoms with Gasteiger partial charge >= 0.3 is 6.09 Å². The van der Waals surface area contributed by atoms with E-state index in [4.69, 9.17) is 16.3 Å². The van der Waals surface area contributed by atoms with Crippen LogP contribution in [0.1, 0.15) is 12.5 Å². The number of carbonyl (C=O) groups excluding carboxylic acids is 2. The molecule has 2 N–H and O–H groups in total. The summed E-state index contributed by atoms with van der Waals surface area (Å²) in [5.41, 5.74) is 1.05. The highest BCUT2D eigenvalue weighted by Gasteiger charge is 2.08. The lowest BCUT2D eigenvalue weighted by atomic mass is 10.1. The molecule has 1 heterocycles. The van der Waals surface area contributed by atoms with Crippen LogP contribution in [0.5, 0.6) is 0 Å². The SMILES string of the molecule is CCOC(=O)Nc1cn(CC(=O)NCCc2cccc(Cl)c2)nn1. The summed E-state index contributed by atoms with van der Waals surface area (Å²) in [5.74, 6) is 0.0183. The van der Waals surface area contributed by atoms with Gasteiger partial charge in [-0.25, -0.2) is 9.48 Å². The number of amides is 2. The number of benzene rings is 1. The molecule has 0 fully saturated rings. The van der Waals surface area contributed by atoms with Crippen LogP contribution in [0.3, 0.4) is 0 Å². The molecular formula is C15H18ClN5O3. The molecule has 0 saturated carbocycles. The number of halogens is 1. The van der Waals surface area contributed by atoms with Crippen molar-refractivity contribution in [2.45, 2.75) is 19.9 Å². The molecule has 0 aliphatic carbocycles. The molecule has 0 radical (unpaired) electrons. The number of hydrogen-bond donors (Lipinski definition) is 2. The molecule has 0 spiro atoms. The zero-order valence-corrected chi connectivity index (χ0v) is 13.9. The van der Waals surface area contributed by atoms with Crippen molar-refractivity contribution < 1.29 is 14.3 Å². The summed E-state index contributed by atoms with van der Waals surface area (Å²) in [4.78, 5) is 23.1. The van der Waals surface area contributed by atoms with Crippen LogP contribution in [0, 0.1) is 0 Å². The smallest absolute Gasteiger partial charge is 0.412 e. The molecule has 0 bridgehead atoms. The number of ether oxygens (including phenoxy) is 1. The molecule has 0 saturated heterocycles. The van der Waals surface area contributed by atoms with Gasteiger partial charge in [0, 0.05) is 11.6 Å². The number of nitrogens with one attached hydrogen (secondary N) is 2. The Hall–Kier alpha value is -2.61. The van der Waals surface area contributed by atoms with Crippen molar-refractivity contribution in [3.63, 3.8) is 0 Å². The minimum absolute atomic E-state index is 0.00700. The normalized spacial score (nSPS) is 10.2. The zero-order chi connectivity index (χ0) is 17.4. The first-order valence-corrected chi connectivity index (χ1v) is 7.79. The number of carbonyl (C=O) groups is 2. The molecule has 0 aliphatic rings. The van der Waals surface area contributed by atoms with Gasteiger partial charge < -0.3 is 10.1 Å². The first-order valence-electron chi connectivity index (χ1n) is 7.42. The van der Waals surface area contributed by atoms with Gasteiger partial charge in [-0.05, 0) is 31.0 Å². The van der Waals surface area contributed by atoms with Crippen LogP contribution < -0.4 is 10.6 Å². The molecular weight excluding hydrogens is 334 g/mol. The van der Waals surface area contributed by atoms with E-state index < -0.39 is 6.09 Å². The van der Waals surface area contributed by atoms with Crippen molar-refractivity contribution in [1.29, 1.82) is 0 Å². The standard InChI is InChI=1S/C15H18ClN5O3/c1-2-24-15(23)18-13-9-21(20-19-13)10-14(22)17-7-6-11-4-3-5-12(16)8-11/h3-5,8-9H,2,6-7,10H2,1H3,(H,17,22)(H,18,23). The Morgan fingerprint density at radius 2 is 2.21 bits per heavy atom. The molecule has 2 rings (SSSR count). The average Bonchev–Trinajstić information content (AvgIpc) is 2.94. The van der Waals surface area contributed by atoms with Crippen LogP contribution in [0.2, 0.25) is 5.02 Å². The summed E-state index contributed by atoms with van der Waals surface area (Å²) < 4.78 is 6.05. The minimum atomic E-state index is -0.615. The van der Waals surface area contributed by atoms with Gasteiger partial charge in [0.05, 0.1) is 12.8 Å². The maximum absolute atomic E-state index is 11.9. The minimum Gasteiger partial charge on any atom is -0.450 e. The molecule has 0 unspecified atom stereocenters. The second-order valence-corrected chi connectivity index (χ2v) is 5.31. The lowest BCUT2D eigenvalue weighted by molar-refractivity contribution is -0.121. The molecule has 2 amide bonds. The summed E-state index contributed by atoms with van der Waals surface area (Å²) in [6.07, 6.45) is 1.52. The number of nitrogens with zero attached hydrogens (tertiary/aromatic N) is 3. The van der Waals surface area contributed by atoms with Gasteiger partial charge in [-0.3, -0.25) is 10.1 Å². The monoisotopic (exact) mass is 351 g/mol. The van der Waals surface area contributed by atoms with E-state index in [0.717, 1.165) is 5.56 Å². The van der Waals surface area contributed by atoms with Gasteiger partial charge in [0.25, 0.3) is 0 Å². The van der Waals surface area contributed by atoms with Gasteiger partial charge in [0.2, 0.25) is 5.91 Å². The molecule has 1 aromatic carbocycles. The zero-order valence-electron chi connectivity index (χ0n) is 13.2. The molecule has 9 heteroatoms. The fourth-order valence-corrected chi connectivity index (χ4v) is 2.16. The Morgan fingerprint density at radius 1 is 1.38 bits per heavy atom. The van der Waals surface area contributed by atoms with Gasteiger partial charge in [-0.15, -0.1) is 5.10 Å². The van der Waals surface area contributed by atoms with E-state index in [9.17, 15) is 9.59 Å². The Kier molecular flexibility index (Phi) is 6.56. The van der Waals surface area contributed by atoms with Crippen molar-refractivity contribution in [2.75, 3.05) is 18.5 Å². The van der Waals surface area contributed by atoms with E-state index in [1.807, 2.05) is 18.2 Å². The second-order valence-electron chi connectivity index (χ2n) is 4.88. The van der Waals surface area contributed by atoms with E-state index in [1.54, 1.807) is 13.0 Å². The lowest BCUT2D eigenvalue weighted by Gasteiger charge is -2.05. The van der Waals surface area contributed by atoms with Crippen molar-refractivity contribution in [2.24, 2.45) is 0 Å². The maximum atomic E-state index is 11.9. The fourth-order valence-electron chi connectivity index (χ4n) is 1.95. The van der Waals surface area contributed by atoms with Crippen molar-refractivity contribution >= 4 is 29.4 Å². The first-order chi connectivity index (χ1) is 11.6. The Bertz CT molecular complexity index is 704. The molecule has 2 aromatic rings. The largest absolute Gasteiger partial charge is 0.450 e. The fraction of sp³-hybridized carbons (Fsp3) is 0.333. The Balaban J connectivity index is 1.74. The molecule has 1 aromatic heterocycles. The first kappa shape index (κ1) is 17.7. The summed E-state index contributed by atoms with van der Waals surface area (Å²) in [5, 5.41) is 13.4. The molecule has 128 valence electrons. The average molecular weight is 352 g/mol. The van der Waals surface area contributed by atoms with Crippen LogP contribution in [-0.2, 0) is 22.5 Å². The lowest BCUT2D eigenvalue weighted by Crippen LogP contribution is -2.29. The highest BCUT2D eigenvalue weighted by molar-refractivity contribution is 6.30. The van der Waals surface area contributed by atoms with Crippen molar-refractivity contribution in [3.8, 4) is 0 Å². The van der Waals surface area contributed by atoms with Crippen LogP contribution >= 0.6 is 11.6 Å². The van der Waals surface area contributed by atoms with Gasteiger partial charge in [0.1, 0.15) is 6.54 Å². The van der Waals surface area contributed by atoms with E-state index >= 15 is 0 Å². The number of aromatic nitrogens is 3. The molecule has 24 heavy (non-hydrogen) atoms. The second kappa shape index (κ2) is 8.88. The summed E-state index contributed by atoms with van der Waals surface area (Å²) in [6.45, 7) is 2.45. The van der Waals surface area contributed by atoms with E-state index in [1.165, 1.54) is 10.9 Å². The highest BCUT2D eigenvalue weighted by atomic mass is 35.5. The predicted molar refractivity (Wildman–Crippen MR) is 88.8 cm³/mol. The third kappa shape index (κ3) is 5.88. The third-order valence-corrected chi connectivity index (χ3v) is 3.21. The van der Waals surface area contributed by atoms with Gasteiger partial charge in [0.15, 0.2) is 5.82 Å². The summed E-state index contributed by atoms with van der Waals surface area (Å²) in [7, 11) is 0. The quantitative estimate of drug-likeness (QED) is 0.793.